The molecule has 0 saturated carbocycles. The predicted octanol–water partition coefficient (Wildman–Crippen LogP) is 3.73. The molecule has 4 rings (SSSR count). The fourth-order valence-electron chi connectivity index (χ4n) is 3.35. The summed E-state index contributed by atoms with van der Waals surface area (Å²) < 4.78 is 1.82. The number of nitrogens with zero attached hydrogens (tertiary/aromatic N) is 3. The Labute approximate surface area is 152 Å². The molecule has 0 fully saturated rings. The van der Waals surface area contributed by atoms with Crippen LogP contribution in [-0.4, -0.2) is 31.5 Å². The minimum absolute atomic E-state index is 0.162. The number of benzene rings is 2. The molecule has 0 atom stereocenters. The first-order valence-electron chi connectivity index (χ1n) is 8.90. The fourth-order valence-corrected chi connectivity index (χ4v) is 3.35. The fraction of sp³-hybridized carbons (Fsp3) is 0.238. The van der Waals surface area contributed by atoms with Crippen LogP contribution in [-0.2, 0) is 19.9 Å². The number of aliphatic hydroxyl groups excluding tert-OH is 1. The molecule has 0 amide bonds. The van der Waals surface area contributed by atoms with Crippen molar-refractivity contribution >= 4 is 11.0 Å². The van der Waals surface area contributed by atoms with Crippen LogP contribution in [0.3, 0.4) is 0 Å². The Balaban J connectivity index is 1.95. The average Bonchev–Trinajstić information content (AvgIpc) is 3.27. The second kappa shape index (κ2) is 6.77. The maximum absolute atomic E-state index is 9.15. The Morgan fingerprint density at radius 3 is 2.54 bits per heavy atom. The lowest BCUT2D eigenvalue weighted by atomic mass is 9.94. The summed E-state index contributed by atoms with van der Waals surface area (Å²) in [7, 11) is 1.93. The second-order valence-corrected chi connectivity index (χ2v) is 6.49. The van der Waals surface area contributed by atoms with Crippen LogP contribution >= 0.6 is 0 Å². The quantitative estimate of drug-likeness (QED) is 0.579. The molecule has 26 heavy (non-hydrogen) atoms. The number of aromatic nitrogens is 4. The molecule has 0 unspecified atom stereocenters. The summed E-state index contributed by atoms with van der Waals surface area (Å²) in [5.74, 6) is 0.987. The van der Waals surface area contributed by atoms with Crippen molar-refractivity contribution in [1.29, 1.82) is 0 Å². The van der Waals surface area contributed by atoms with Gasteiger partial charge in [-0.15, -0.1) is 0 Å². The Bertz CT molecular complexity index is 1040. The summed E-state index contributed by atoms with van der Waals surface area (Å²) in [6.45, 7) is 2.26. The SMILES string of the molecule is CCc1nc2c(-c3ccc(CCO)cc3)c(-c3cnn(C)c3)ccc2[nH]1. The average molecular weight is 346 g/mol. The highest BCUT2D eigenvalue weighted by molar-refractivity contribution is 6.00. The molecule has 0 saturated heterocycles. The van der Waals surface area contributed by atoms with E-state index in [0.29, 0.717) is 6.42 Å². The number of rotatable bonds is 5. The van der Waals surface area contributed by atoms with Gasteiger partial charge in [0.1, 0.15) is 5.82 Å². The first kappa shape index (κ1) is 16.5. The number of H-pyrrole nitrogens is 1. The van der Waals surface area contributed by atoms with Crippen LogP contribution in [0.4, 0.5) is 0 Å². The zero-order valence-electron chi connectivity index (χ0n) is 15.0. The van der Waals surface area contributed by atoms with E-state index in [4.69, 9.17) is 10.1 Å². The molecule has 0 spiro atoms. The van der Waals surface area contributed by atoms with Gasteiger partial charge >= 0.3 is 0 Å². The molecule has 5 nitrogen and oxygen atoms in total. The van der Waals surface area contributed by atoms with Crippen LogP contribution in [0.1, 0.15) is 18.3 Å². The Morgan fingerprint density at radius 1 is 1.08 bits per heavy atom. The molecule has 132 valence electrons. The molecule has 0 bridgehead atoms. The topological polar surface area (TPSA) is 66.7 Å². The minimum atomic E-state index is 0.162. The van der Waals surface area contributed by atoms with Gasteiger partial charge < -0.3 is 10.1 Å². The summed E-state index contributed by atoms with van der Waals surface area (Å²) >= 11 is 0. The van der Waals surface area contributed by atoms with E-state index in [9.17, 15) is 0 Å². The van der Waals surface area contributed by atoms with Crippen LogP contribution in [0.5, 0.6) is 0 Å². The monoisotopic (exact) mass is 346 g/mol. The van der Waals surface area contributed by atoms with Crippen LogP contribution in [0.15, 0.2) is 48.8 Å². The van der Waals surface area contributed by atoms with E-state index < -0.39 is 0 Å². The summed E-state index contributed by atoms with van der Waals surface area (Å²) in [6, 6.07) is 12.6. The number of hydrogen-bond donors (Lipinski definition) is 2. The first-order chi connectivity index (χ1) is 12.7. The van der Waals surface area contributed by atoms with E-state index in [2.05, 4.69) is 53.4 Å². The number of imidazole rings is 1. The highest BCUT2D eigenvalue weighted by Gasteiger charge is 2.16. The first-order valence-corrected chi connectivity index (χ1v) is 8.90. The van der Waals surface area contributed by atoms with E-state index in [-0.39, 0.29) is 6.61 Å². The standard InChI is InChI=1S/C21H22N4O/c1-3-19-23-18-9-8-17(16-12-22-25(2)13-16)20(21(18)24-19)15-6-4-14(5-7-15)10-11-26/h4-9,12-13,26H,3,10-11H2,1-2H3,(H,23,24). The summed E-state index contributed by atoms with van der Waals surface area (Å²) in [5, 5.41) is 13.5. The van der Waals surface area contributed by atoms with Gasteiger partial charge in [-0.2, -0.15) is 5.10 Å². The molecule has 2 heterocycles. The highest BCUT2D eigenvalue weighted by Crippen LogP contribution is 2.37. The van der Waals surface area contributed by atoms with Gasteiger partial charge in [0.2, 0.25) is 0 Å². The number of aryl methyl sites for hydroxylation is 2. The van der Waals surface area contributed by atoms with Gasteiger partial charge in [-0.05, 0) is 29.2 Å². The zero-order chi connectivity index (χ0) is 18.1. The normalized spacial score (nSPS) is 11.3. The third-order valence-electron chi connectivity index (χ3n) is 4.70. The van der Waals surface area contributed by atoms with Crippen molar-refractivity contribution in [2.24, 2.45) is 7.05 Å². The maximum atomic E-state index is 9.15. The largest absolute Gasteiger partial charge is 0.396 e. The van der Waals surface area contributed by atoms with E-state index in [1.54, 1.807) is 0 Å². The van der Waals surface area contributed by atoms with E-state index >= 15 is 0 Å². The van der Waals surface area contributed by atoms with Crippen molar-refractivity contribution in [2.75, 3.05) is 6.61 Å². The Hall–Kier alpha value is -2.92. The molecular weight excluding hydrogens is 324 g/mol. The summed E-state index contributed by atoms with van der Waals surface area (Å²) in [5.41, 5.74) is 7.58. The van der Waals surface area contributed by atoms with Crippen molar-refractivity contribution in [3.8, 4) is 22.3 Å². The molecule has 0 aliphatic rings. The molecule has 4 aromatic rings. The lowest BCUT2D eigenvalue weighted by Crippen LogP contribution is -1.91. The zero-order valence-corrected chi connectivity index (χ0v) is 15.0. The Kier molecular flexibility index (Phi) is 4.31. The molecule has 5 heteroatoms. The van der Waals surface area contributed by atoms with Crippen molar-refractivity contribution in [3.05, 3.63) is 60.2 Å². The summed E-state index contributed by atoms with van der Waals surface area (Å²) in [4.78, 5) is 8.24. The van der Waals surface area contributed by atoms with Crippen LogP contribution in [0.25, 0.3) is 33.3 Å². The Morgan fingerprint density at radius 2 is 1.88 bits per heavy atom. The molecule has 2 N–H and O–H groups in total. The molecular formula is C21H22N4O. The van der Waals surface area contributed by atoms with Crippen molar-refractivity contribution in [1.82, 2.24) is 19.7 Å². The van der Waals surface area contributed by atoms with Gasteiger partial charge in [0.25, 0.3) is 0 Å². The van der Waals surface area contributed by atoms with Crippen molar-refractivity contribution < 1.29 is 5.11 Å². The smallest absolute Gasteiger partial charge is 0.106 e. The van der Waals surface area contributed by atoms with Gasteiger partial charge in [0.15, 0.2) is 0 Å². The number of fused-ring (bicyclic) bond motifs is 1. The number of hydrogen-bond acceptors (Lipinski definition) is 3. The molecule has 2 aromatic heterocycles. The third-order valence-corrected chi connectivity index (χ3v) is 4.70. The van der Waals surface area contributed by atoms with Gasteiger partial charge in [-0.3, -0.25) is 4.68 Å². The highest BCUT2D eigenvalue weighted by atomic mass is 16.2. The third kappa shape index (κ3) is 2.91. The van der Waals surface area contributed by atoms with Crippen LogP contribution < -0.4 is 0 Å². The number of aliphatic hydroxyl groups is 1. The number of nitrogens with one attached hydrogen (secondary N) is 1. The van der Waals surface area contributed by atoms with Crippen molar-refractivity contribution in [3.63, 3.8) is 0 Å². The molecule has 0 radical (unpaired) electrons. The predicted molar refractivity (Wildman–Crippen MR) is 104 cm³/mol. The molecule has 0 aliphatic carbocycles. The van der Waals surface area contributed by atoms with E-state index in [1.165, 1.54) is 0 Å². The minimum Gasteiger partial charge on any atom is -0.396 e. The van der Waals surface area contributed by atoms with Gasteiger partial charge in [-0.1, -0.05) is 37.3 Å². The summed E-state index contributed by atoms with van der Waals surface area (Å²) in [6.07, 6.45) is 5.45. The van der Waals surface area contributed by atoms with Gasteiger partial charge in [-0.25, -0.2) is 4.98 Å². The van der Waals surface area contributed by atoms with E-state index in [0.717, 1.165) is 51.1 Å². The lowest BCUT2D eigenvalue weighted by molar-refractivity contribution is 0.299. The van der Waals surface area contributed by atoms with Crippen LogP contribution in [0, 0.1) is 0 Å². The maximum Gasteiger partial charge on any atom is 0.106 e. The molecule has 2 aromatic carbocycles. The second-order valence-electron chi connectivity index (χ2n) is 6.49. The van der Waals surface area contributed by atoms with Crippen LogP contribution in [0.2, 0.25) is 0 Å². The van der Waals surface area contributed by atoms with E-state index in [1.807, 2.05) is 24.1 Å². The van der Waals surface area contributed by atoms with Gasteiger partial charge in [0.05, 0.1) is 17.2 Å². The van der Waals surface area contributed by atoms with Gasteiger partial charge in [0, 0.05) is 37.4 Å². The number of aromatic amines is 1. The lowest BCUT2D eigenvalue weighted by Gasteiger charge is -2.10. The van der Waals surface area contributed by atoms with Crippen molar-refractivity contribution in [2.45, 2.75) is 19.8 Å². The molecule has 0 aliphatic heterocycles.